The molecule has 24 heavy (non-hydrogen) atoms. The summed E-state index contributed by atoms with van der Waals surface area (Å²) in [5, 5.41) is 3.53. The Bertz CT molecular complexity index is 556. The predicted octanol–water partition coefficient (Wildman–Crippen LogP) is 2.83. The van der Waals surface area contributed by atoms with E-state index >= 15 is 0 Å². The van der Waals surface area contributed by atoms with Crippen molar-refractivity contribution in [3.05, 3.63) is 21.9 Å². The Hall–Kier alpha value is -0.560. The number of piperidine rings is 1. The van der Waals surface area contributed by atoms with Gasteiger partial charge in [-0.2, -0.15) is 11.8 Å². The molecule has 6 heteroatoms. The van der Waals surface area contributed by atoms with E-state index in [-0.39, 0.29) is 5.91 Å². The zero-order valence-corrected chi connectivity index (χ0v) is 15.8. The highest BCUT2D eigenvalue weighted by atomic mass is 32.2. The zero-order valence-electron chi connectivity index (χ0n) is 14.2. The summed E-state index contributed by atoms with van der Waals surface area (Å²) in [6, 6.07) is 5.35. The summed E-state index contributed by atoms with van der Waals surface area (Å²) in [6.07, 6.45) is 4.72. The van der Waals surface area contributed by atoms with Gasteiger partial charge in [0.25, 0.3) is 5.91 Å². The van der Waals surface area contributed by atoms with Gasteiger partial charge in [0.05, 0.1) is 4.88 Å². The molecule has 1 unspecified atom stereocenters. The highest BCUT2D eigenvalue weighted by Crippen LogP contribution is 2.30. The normalized spacial score (nSPS) is 26.8. The largest absolute Gasteiger partial charge is 0.338 e. The molecule has 3 aliphatic heterocycles. The van der Waals surface area contributed by atoms with Crippen LogP contribution in [-0.2, 0) is 0 Å². The quantitative estimate of drug-likeness (QED) is 0.893. The summed E-state index contributed by atoms with van der Waals surface area (Å²) in [4.78, 5) is 19.8. The first-order chi connectivity index (χ1) is 11.8. The second kappa shape index (κ2) is 7.77. The van der Waals surface area contributed by atoms with Crippen molar-refractivity contribution >= 4 is 29.0 Å². The number of rotatable bonds is 3. The van der Waals surface area contributed by atoms with E-state index in [4.69, 9.17) is 0 Å². The van der Waals surface area contributed by atoms with Crippen molar-refractivity contribution in [2.24, 2.45) is 0 Å². The Balaban J connectivity index is 1.32. The van der Waals surface area contributed by atoms with Crippen LogP contribution in [0.15, 0.2) is 12.1 Å². The number of thioether (sulfide) groups is 1. The predicted molar refractivity (Wildman–Crippen MR) is 102 cm³/mol. The van der Waals surface area contributed by atoms with Crippen LogP contribution in [-0.4, -0.2) is 66.0 Å². The minimum absolute atomic E-state index is 0.247. The molecule has 1 aromatic rings. The number of carbonyl (C=O) groups excluding carboxylic acids is 1. The van der Waals surface area contributed by atoms with E-state index in [0.29, 0.717) is 12.1 Å². The summed E-state index contributed by atoms with van der Waals surface area (Å²) in [6.45, 7) is 5.40. The molecule has 0 radical (unpaired) electrons. The number of amides is 1. The van der Waals surface area contributed by atoms with Crippen molar-refractivity contribution in [1.29, 1.82) is 0 Å². The van der Waals surface area contributed by atoms with Gasteiger partial charge in [0.1, 0.15) is 0 Å². The smallest absolute Gasteiger partial charge is 0.263 e. The fourth-order valence-electron chi connectivity index (χ4n) is 4.12. The molecule has 1 N–H and O–H groups in total. The standard InChI is InChI=1S/C18H27N3OS2/c22-18(17-4-3-16(24-17)15-2-1-7-19-15)21-8-5-14(6-9-21)20-10-12-23-13-11-20/h3-4,14-15,19H,1-2,5-13H2. The van der Waals surface area contributed by atoms with Crippen LogP contribution in [0.1, 0.15) is 46.3 Å². The van der Waals surface area contributed by atoms with Gasteiger partial charge in [0, 0.05) is 54.6 Å². The van der Waals surface area contributed by atoms with Gasteiger partial charge >= 0.3 is 0 Å². The van der Waals surface area contributed by atoms with E-state index in [1.165, 1.54) is 42.3 Å². The molecule has 132 valence electrons. The van der Waals surface area contributed by atoms with Gasteiger partial charge in [0.2, 0.25) is 0 Å². The maximum absolute atomic E-state index is 12.8. The molecule has 3 fully saturated rings. The molecule has 4 nitrogen and oxygen atoms in total. The van der Waals surface area contributed by atoms with Crippen LogP contribution in [0.2, 0.25) is 0 Å². The van der Waals surface area contributed by atoms with Crippen LogP contribution >= 0.6 is 23.1 Å². The first kappa shape index (κ1) is 16.9. The Morgan fingerprint density at radius 2 is 1.88 bits per heavy atom. The van der Waals surface area contributed by atoms with Crippen LogP contribution in [0.25, 0.3) is 0 Å². The summed E-state index contributed by atoms with van der Waals surface area (Å²) >= 11 is 3.76. The van der Waals surface area contributed by atoms with Gasteiger partial charge in [-0.3, -0.25) is 9.69 Å². The second-order valence-electron chi connectivity index (χ2n) is 7.02. The van der Waals surface area contributed by atoms with E-state index in [1.807, 2.05) is 6.07 Å². The lowest BCUT2D eigenvalue weighted by molar-refractivity contribution is 0.0635. The van der Waals surface area contributed by atoms with E-state index in [0.717, 1.165) is 37.4 Å². The molecule has 0 bridgehead atoms. The summed E-state index contributed by atoms with van der Waals surface area (Å²) in [5.74, 6) is 2.79. The third-order valence-electron chi connectivity index (χ3n) is 5.56. The fourth-order valence-corrected chi connectivity index (χ4v) is 6.13. The van der Waals surface area contributed by atoms with Crippen LogP contribution in [0.5, 0.6) is 0 Å². The van der Waals surface area contributed by atoms with Crippen molar-refractivity contribution in [3.8, 4) is 0 Å². The van der Waals surface area contributed by atoms with E-state index < -0.39 is 0 Å². The molecule has 4 heterocycles. The number of thiophene rings is 1. The molecule has 0 aromatic carbocycles. The summed E-state index contributed by atoms with van der Waals surface area (Å²) < 4.78 is 0. The summed E-state index contributed by atoms with van der Waals surface area (Å²) in [5.41, 5.74) is 0. The van der Waals surface area contributed by atoms with Crippen molar-refractivity contribution in [2.75, 3.05) is 44.2 Å². The van der Waals surface area contributed by atoms with Gasteiger partial charge in [-0.15, -0.1) is 11.3 Å². The minimum Gasteiger partial charge on any atom is -0.338 e. The molecule has 0 spiro atoms. The number of likely N-dealkylation sites (tertiary alicyclic amines) is 1. The van der Waals surface area contributed by atoms with E-state index in [9.17, 15) is 4.79 Å². The minimum atomic E-state index is 0.247. The van der Waals surface area contributed by atoms with Crippen molar-refractivity contribution in [2.45, 2.75) is 37.8 Å². The molecule has 1 atom stereocenters. The van der Waals surface area contributed by atoms with Crippen LogP contribution in [0, 0.1) is 0 Å². The average molecular weight is 366 g/mol. The lowest BCUT2D eigenvalue weighted by Gasteiger charge is -2.40. The molecule has 4 rings (SSSR count). The third kappa shape index (κ3) is 3.66. The number of nitrogens with zero attached hydrogens (tertiary/aromatic N) is 2. The Labute approximate surface area is 153 Å². The van der Waals surface area contributed by atoms with Crippen molar-refractivity contribution in [1.82, 2.24) is 15.1 Å². The van der Waals surface area contributed by atoms with E-state index in [2.05, 4.69) is 32.9 Å². The van der Waals surface area contributed by atoms with Gasteiger partial charge < -0.3 is 10.2 Å². The zero-order chi connectivity index (χ0) is 16.4. The first-order valence-electron chi connectivity index (χ1n) is 9.25. The highest BCUT2D eigenvalue weighted by molar-refractivity contribution is 7.99. The monoisotopic (exact) mass is 365 g/mol. The molecule has 0 aliphatic carbocycles. The number of hydrogen-bond donors (Lipinski definition) is 1. The van der Waals surface area contributed by atoms with E-state index in [1.54, 1.807) is 11.3 Å². The molecule has 0 saturated carbocycles. The molecular weight excluding hydrogens is 338 g/mol. The van der Waals surface area contributed by atoms with Crippen LogP contribution in [0.4, 0.5) is 0 Å². The Kier molecular flexibility index (Phi) is 5.46. The number of carbonyl (C=O) groups is 1. The van der Waals surface area contributed by atoms with Crippen LogP contribution in [0.3, 0.4) is 0 Å². The Morgan fingerprint density at radius 1 is 1.08 bits per heavy atom. The molecule has 1 aromatic heterocycles. The topological polar surface area (TPSA) is 35.6 Å². The molecule has 1 amide bonds. The Morgan fingerprint density at radius 3 is 2.58 bits per heavy atom. The molecular formula is C18H27N3OS2. The average Bonchev–Trinajstić information content (AvgIpc) is 3.33. The first-order valence-corrected chi connectivity index (χ1v) is 11.2. The van der Waals surface area contributed by atoms with Crippen molar-refractivity contribution < 1.29 is 4.79 Å². The second-order valence-corrected chi connectivity index (χ2v) is 9.36. The maximum Gasteiger partial charge on any atom is 0.263 e. The van der Waals surface area contributed by atoms with Gasteiger partial charge in [-0.05, 0) is 44.4 Å². The lowest BCUT2D eigenvalue weighted by atomic mass is 10.0. The maximum atomic E-state index is 12.8. The third-order valence-corrected chi connectivity index (χ3v) is 7.68. The number of hydrogen-bond acceptors (Lipinski definition) is 5. The summed E-state index contributed by atoms with van der Waals surface area (Å²) in [7, 11) is 0. The highest BCUT2D eigenvalue weighted by Gasteiger charge is 2.29. The van der Waals surface area contributed by atoms with Gasteiger partial charge in [-0.1, -0.05) is 0 Å². The van der Waals surface area contributed by atoms with Crippen molar-refractivity contribution in [3.63, 3.8) is 0 Å². The number of nitrogens with one attached hydrogen (secondary N) is 1. The van der Waals surface area contributed by atoms with Crippen LogP contribution < -0.4 is 5.32 Å². The molecule has 3 aliphatic rings. The van der Waals surface area contributed by atoms with Gasteiger partial charge in [0.15, 0.2) is 0 Å². The fraction of sp³-hybridized carbons (Fsp3) is 0.722. The molecule has 3 saturated heterocycles. The van der Waals surface area contributed by atoms with Gasteiger partial charge in [-0.25, -0.2) is 0 Å². The SMILES string of the molecule is O=C(c1ccc(C2CCCN2)s1)N1CCC(N2CCSCC2)CC1. The lowest BCUT2D eigenvalue weighted by Crippen LogP contribution is -2.48.